The van der Waals surface area contributed by atoms with Gasteiger partial charge in [0.2, 0.25) is 5.91 Å². The SMILES string of the molecule is N#Cc1ccc(Cn2cncc2N2CCNCC2C(=O)NCCCc2ccccc2)cc1. The normalized spacial score (nSPS) is 15.8. The number of nitrogens with one attached hydrogen (secondary N) is 2. The van der Waals surface area contributed by atoms with E-state index in [0.717, 1.165) is 37.3 Å². The van der Waals surface area contributed by atoms with Crippen LogP contribution in [0, 0.1) is 11.3 Å². The lowest BCUT2D eigenvalue weighted by molar-refractivity contribution is -0.122. The maximum absolute atomic E-state index is 13.0. The fraction of sp³-hybridized carbons (Fsp3) is 0.320. The number of imidazole rings is 1. The summed E-state index contributed by atoms with van der Waals surface area (Å²) in [7, 11) is 0. The molecule has 7 heteroatoms. The zero-order valence-electron chi connectivity index (χ0n) is 18.1. The van der Waals surface area contributed by atoms with Gasteiger partial charge in [0.05, 0.1) is 30.7 Å². The summed E-state index contributed by atoms with van der Waals surface area (Å²) in [5, 5.41) is 15.5. The Morgan fingerprint density at radius 3 is 2.75 bits per heavy atom. The van der Waals surface area contributed by atoms with Crippen LogP contribution in [0.15, 0.2) is 67.1 Å². The molecule has 0 spiro atoms. The Balaban J connectivity index is 1.38. The number of hydrogen-bond donors (Lipinski definition) is 2. The van der Waals surface area contributed by atoms with Gasteiger partial charge in [0.25, 0.3) is 0 Å². The highest BCUT2D eigenvalue weighted by molar-refractivity contribution is 5.85. The number of aromatic nitrogens is 2. The van der Waals surface area contributed by atoms with E-state index in [1.54, 1.807) is 6.33 Å². The Morgan fingerprint density at radius 1 is 1.16 bits per heavy atom. The molecule has 32 heavy (non-hydrogen) atoms. The summed E-state index contributed by atoms with van der Waals surface area (Å²) in [5.74, 6) is 0.969. The van der Waals surface area contributed by atoms with Gasteiger partial charge in [0, 0.05) is 26.2 Å². The molecule has 1 atom stereocenters. The Labute approximate surface area is 188 Å². The third kappa shape index (κ3) is 5.34. The molecule has 0 aliphatic carbocycles. The highest BCUT2D eigenvalue weighted by Crippen LogP contribution is 2.20. The van der Waals surface area contributed by atoms with Crippen molar-refractivity contribution >= 4 is 11.7 Å². The average molecular weight is 429 g/mol. The van der Waals surface area contributed by atoms with Gasteiger partial charge in [-0.05, 0) is 36.1 Å². The van der Waals surface area contributed by atoms with E-state index in [1.807, 2.05) is 48.7 Å². The smallest absolute Gasteiger partial charge is 0.244 e. The lowest BCUT2D eigenvalue weighted by atomic mass is 10.1. The topological polar surface area (TPSA) is 86.0 Å². The fourth-order valence-corrected chi connectivity index (χ4v) is 4.04. The van der Waals surface area contributed by atoms with Crippen molar-refractivity contribution in [2.45, 2.75) is 25.4 Å². The number of carbonyl (C=O) groups excluding carboxylic acids is 1. The molecule has 1 aromatic heterocycles. The standard InChI is InChI=1S/C25H28N6O/c26-15-21-8-10-22(11-9-21)18-30-19-28-17-24(30)31-14-13-27-16-23(31)25(32)29-12-4-7-20-5-2-1-3-6-20/h1-3,5-6,8-11,17,19,23,27H,4,7,12-14,16,18H2,(H,29,32). The number of hydrogen-bond acceptors (Lipinski definition) is 5. The van der Waals surface area contributed by atoms with Crippen LogP contribution in [-0.4, -0.2) is 47.7 Å². The maximum Gasteiger partial charge on any atom is 0.244 e. The van der Waals surface area contributed by atoms with Crippen molar-refractivity contribution in [3.8, 4) is 6.07 Å². The molecule has 1 amide bonds. The Kier molecular flexibility index (Phi) is 7.15. The molecule has 164 valence electrons. The Hall–Kier alpha value is -3.63. The predicted molar refractivity (Wildman–Crippen MR) is 124 cm³/mol. The maximum atomic E-state index is 13.0. The first-order chi connectivity index (χ1) is 15.7. The molecule has 0 radical (unpaired) electrons. The van der Waals surface area contributed by atoms with Crippen LogP contribution in [0.1, 0.15) is 23.1 Å². The second kappa shape index (κ2) is 10.6. The summed E-state index contributed by atoms with van der Waals surface area (Å²) in [5.41, 5.74) is 3.01. The number of nitrogens with zero attached hydrogens (tertiary/aromatic N) is 4. The molecule has 0 bridgehead atoms. The van der Waals surface area contributed by atoms with Gasteiger partial charge in [-0.1, -0.05) is 42.5 Å². The molecule has 2 aromatic carbocycles. The third-order valence-corrected chi connectivity index (χ3v) is 5.75. The average Bonchev–Trinajstić information content (AvgIpc) is 3.31. The molecular weight excluding hydrogens is 400 g/mol. The quantitative estimate of drug-likeness (QED) is 0.538. The molecule has 1 aliphatic rings. The summed E-state index contributed by atoms with van der Waals surface area (Å²) in [6, 6.07) is 19.7. The number of benzene rings is 2. The molecule has 0 saturated carbocycles. The van der Waals surface area contributed by atoms with Crippen molar-refractivity contribution in [1.82, 2.24) is 20.2 Å². The van der Waals surface area contributed by atoms with Crippen LogP contribution in [0.2, 0.25) is 0 Å². The molecule has 7 nitrogen and oxygen atoms in total. The highest BCUT2D eigenvalue weighted by atomic mass is 16.2. The number of anilines is 1. The number of carbonyl (C=O) groups is 1. The minimum absolute atomic E-state index is 0.0383. The molecular formula is C25H28N6O. The van der Waals surface area contributed by atoms with E-state index in [9.17, 15) is 4.79 Å². The van der Waals surface area contributed by atoms with E-state index in [2.05, 4.69) is 43.3 Å². The number of piperazine rings is 1. The number of nitriles is 1. The van der Waals surface area contributed by atoms with Crippen molar-refractivity contribution in [3.05, 3.63) is 83.8 Å². The zero-order chi connectivity index (χ0) is 22.2. The van der Waals surface area contributed by atoms with Gasteiger partial charge in [-0.25, -0.2) is 4.98 Å². The third-order valence-electron chi connectivity index (χ3n) is 5.75. The molecule has 1 aliphatic heterocycles. The number of rotatable bonds is 8. The first kappa shape index (κ1) is 21.6. The van der Waals surface area contributed by atoms with Crippen LogP contribution in [0.4, 0.5) is 5.82 Å². The largest absolute Gasteiger partial charge is 0.354 e. The summed E-state index contributed by atoms with van der Waals surface area (Å²) in [6.07, 6.45) is 5.48. The molecule has 2 N–H and O–H groups in total. The monoisotopic (exact) mass is 428 g/mol. The summed E-state index contributed by atoms with van der Waals surface area (Å²) in [4.78, 5) is 19.5. The molecule has 1 saturated heterocycles. The van der Waals surface area contributed by atoms with E-state index in [-0.39, 0.29) is 11.9 Å². The Morgan fingerprint density at radius 2 is 1.97 bits per heavy atom. The predicted octanol–water partition coefficient (Wildman–Crippen LogP) is 2.33. The van der Waals surface area contributed by atoms with Crippen LogP contribution in [0.25, 0.3) is 0 Å². The minimum Gasteiger partial charge on any atom is -0.354 e. The first-order valence-corrected chi connectivity index (χ1v) is 11.0. The van der Waals surface area contributed by atoms with Crippen molar-refractivity contribution in [3.63, 3.8) is 0 Å². The van der Waals surface area contributed by atoms with Crippen LogP contribution < -0.4 is 15.5 Å². The molecule has 3 aromatic rings. The molecule has 1 fully saturated rings. The van der Waals surface area contributed by atoms with Crippen LogP contribution in [0.3, 0.4) is 0 Å². The molecule has 2 heterocycles. The van der Waals surface area contributed by atoms with Gasteiger partial charge < -0.3 is 20.1 Å². The van der Waals surface area contributed by atoms with Gasteiger partial charge in [0.15, 0.2) is 0 Å². The van der Waals surface area contributed by atoms with Gasteiger partial charge in [0.1, 0.15) is 11.9 Å². The van der Waals surface area contributed by atoms with Crippen molar-refractivity contribution in [1.29, 1.82) is 5.26 Å². The van der Waals surface area contributed by atoms with Gasteiger partial charge in [-0.15, -0.1) is 0 Å². The number of amides is 1. The van der Waals surface area contributed by atoms with E-state index >= 15 is 0 Å². The zero-order valence-corrected chi connectivity index (χ0v) is 18.1. The van der Waals surface area contributed by atoms with E-state index in [0.29, 0.717) is 25.2 Å². The first-order valence-electron chi connectivity index (χ1n) is 11.0. The van der Waals surface area contributed by atoms with Crippen LogP contribution in [0.5, 0.6) is 0 Å². The lowest BCUT2D eigenvalue weighted by Crippen LogP contribution is -2.58. The van der Waals surface area contributed by atoms with Crippen molar-refractivity contribution in [2.75, 3.05) is 31.1 Å². The van der Waals surface area contributed by atoms with Crippen LogP contribution >= 0.6 is 0 Å². The van der Waals surface area contributed by atoms with Crippen molar-refractivity contribution < 1.29 is 4.79 Å². The second-order valence-corrected chi connectivity index (χ2v) is 7.98. The van der Waals surface area contributed by atoms with Gasteiger partial charge >= 0.3 is 0 Å². The molecule has 1 unspecified atom stereocenters. The summed E-state index contributed by atoms with van der Waals surface area (Å²) < 4.78 is 2.06. The van der Waals surface area contributed by atoms with E-state index in [4.69, 9.17) is 5.26 Å². The Bertz CT molecular complexity index is 1050. The lowest BCUT2D eigenvalue weighted by Gasteiger charge is -2.36. The highest BCUT2D eigenvalue weighted by Gasteiger charge is 2.30. The van der Waals surface area contributed by atoms with Gasteiger partial charge in [-0.3, -0.25) is 4.79 Å². The summed E-state index contributed by atoms with van der Waals surface area (Å²) in [6.45, 7) is 3.45. The number of aryl methyl sites for hydroxylation is 1. The van der Waals surface area contributed by atoms with Crippen molar-refractivity contribution in [2.24, 2.45) is 0 Å². The van der Waals surface area contributed by atoms with Gasteiger partial charge in [-0.2, -0.15) is 5.26 Å². The van der Waals surface area contributed by atoms with Crippen LogP contribution in [-0.2, 0) is 17.8 Å². The molecule has 4 rings (SSSR count). The van der Waals surface area contributed by atoms with E-state index in [1.165, 1.54) is 5.56 Å². The summed E-state index contributed by atoms with van der Waals surface area (Å²) >= 11 is 0. The minimum atomic E-state index is -0.281. The van der Waals surface area contributed by atoms with E-state index < -0.39 is 0 Å². The second-order valence-electron chi connectivity index (χ2n) is 7.98. The fourth-order valence-electron chi connectivity index (χ4n) is 4.04.